The molecule has 0 aliphatic heterocycles. The van der Waals surface area contributed by atoms with Gasteiger partial charge in [0.1, 0.15) is 5.75 Å². The van der Waals surface area contributed by atoms with Gasteiger partial charge in [-0.25, -0.2) is 0 Å². The first-order valence-electron chi connectivity index (χ1n) is 8.39. The van der Waals surface area contributed by atoms with Crippen LogP contribution in [0.4, 0.5) is 0 Å². The fraction of sp³-hybridized carbons (Fsp3) is 0.667. The van der Waals surface area contributed by atoms with Crippen LogP contribution in [0.3, 0.4) is 0 Å². The van der Waals surface area contributed by atoms with Crippen LogP contribution in [0.25, 0.3) is 0 Å². The molecule has 1 aromatic rings. The molecule has 1 aliphatic carbocycles. The van der Waals surface area contributed by atoms with Gasteiger partial charge in [-0.15, -0.1) is 0 Å². The summed E-state index contributed by atoms with van der Waals surface area (Å²) in [5.74, 6) is 0.346. The summed E-state index contributed by atoms with van der Waals surface area (Å²) in [4.78, 5) is 2.54. The zero-order valence-corrected chi connectivity index (χ0v) is 13.5. The average Bonchev–Trinajstić information content (AvgIpc) is 2.52. The minimum absolute atomic E-state index is 0.289. The molecule has 0 heterocycles. The molecule has 0 radical (unpaired) electrons. The number of nitrogens with zero attached hydrogens (tertiary/aromatic N) is 1. The summed E-state index contributed by atoms with van der Waals surface area (Å²) < 4.78 is 0. The summed E-state index contributed by atoms with van der Waals surface area (Å²) in [5.41, 5.74) is 1.15. The van der Waals surface area contributed by atoms with E-state index in [1.165, 1.54) is 45.1 Å². The lowest BCUT2D eigenvalue weighted by atomic mass is 9.94. The number of rotatable bonds is 7. The largest absolute Gasteiger partial charge is 0.508 e. The predicted octanol–water partition coefficient (Wildman–Crippen LogP) is 3.70. The maximum absolute atomic E-state index is 9.52. The van der Waals surface area contributed by atoms with Crippen LogP contribution in [0.1, 0.15) is 57.1 Å². The molecule has 0 amide bonds. The Labute approximate surface area is 129 Å². The number of nitrogens with one attached hydrogen (secondary N) is 1. The molecule has 0 spiro atoms. The Morgan fingerprint density at radius 3 is 2.76 bits per heavy atom. The normalized spacial score (nSPS) is 18.0. The van der Waals surface area contributed by atoms with E-state index < -0.39 is 0 Å². The lowest BCUT2D eigenvalue weighted by Crippen LogP contribution is -2.35. The van der Waals surface area contributed by atoms with E-state index in [-0.39, 0.29) is 6.04 Å². The molecular formula is C18H30N2O. The van der Waals surface area contributed by atoms with Gasteiger partial charge in [0.25, 0.3) is 0 Å². The molecule has 0 saturated heterocycles. The topological polar surface area (TPSA) is 35.5 Å². The second-order valence-corrected chi connectivity index (χ2v) is 6.40. The molecule has 1 aliphatic rings. The summed E-state index contributed by atoms with van der Waals surface area (Å²) in [5, 5.41) is 13.1. The van der Waals surface area contributed by atoms with Crippen LogP contribution in [0.15, 0.2) is 24.3 Å². The fourth-order valence-corrected chi connectivity index (χ4v) is 3.26. The van der Waals surface area contributed by atoms with E-state index in [1.54, 1.807) is 6.07 Å². The molecule has 1 unspecified atom stereocenters. The Hall–Kier alpha value is -1.06. The molecule has 2 N–H and O–H groups in total. The standard InChI is InChI=1S/C18H30N2O/c1-15(16-8-6-11-18(21)14-16)19-12-7-13-20(2)17-9-4-3-5-10-17/h6,8,11,14-15,17,19,21H,3-5,7,9-10,12-13H2,1-2H3. The van der Waals surface area contributed by atoms with Gasteiger partial charge in [0, 0.05) is 12.1 Å². The quantitative estimate of drug-likeness (QED) is 0.752. The van der Waals surface area contributed by atoms with Crippen LogP contribution < -0.4 is 5.32 Å². The highest BCUT2D eigenvalue weighted by molar-refractivity contribution is 5.28. The number of phenols is 1. The predicted molar refractivity (Wildman–Crippen MR) is 88.6 cm³/mol. The van der Waals surface area contributed by atoms with E-state index in [2.05, 4.69) is 30.3 Å². The number of phenolic OH excluding ortho intramolecular Hbond substituents is 1. The summed E-state index contributed by atoms with van der Waals surface area (Å²) in [6.45, 7) is 4.35. The van der Waals surface area contributed by atoms with Crippen LogP contribution in [0, 0.1) is 0 Å². The van der Waals surface area contributed by atoms with Crippen molar-refractivity contribution < 1.29 is 5.11 Å². The van der Waals surface area contributed by atoms with Crippen molar-refractivity contribution in [3.63, 3.8) is 0 Å². The molecule has 1 saturated carbocycles. The minimum Gasteiger partial charge on any atom is -0.508 e. The van der Waals surface area contributed by atoms with E-state index in [1.807, 2.05) is 12.1 Å². The molecule has 3 heteroatoms. The van der Waals surface area contributed by atoms with E-state index in [0.29, 0.717) is 5.75 Å². The smallest absolute Gasteiger partial charge is 0.115 e. The van der Waals surface area contributed by atoms with Crippen molar-refractivity contribution in [3.8, 4) is 5.75 Å². The number of hydrogen-bond donors (Lipinski definition) is 2. The first kappa shape index (κ1) is 16.3. The molecule has 0 bridgehead atoms. The number of hydrogen-bond acceptors (Lipinski definition) is 3. The molecule has 3 nitrogen and oxygen atoms in total. The Bertz CT molecular complexity index is 415. The van der Waals surface area contributed by atoms with Gasteiger partial charge in [0.05, 0.1) is 0 Å². The second kappa shape index (κ2) is 8.40. The van der Waals surface area contributed by atoms with Crippen molar-refractivity contribution >= 4 is 0 Å². The summed E-state index contributed by atoms with van der Waals surface area (Å²) in [6, 6.07) is 8.62. The Morgan fingerprint density at radius 2 is 2.05 bits per heavy atom. The lowest BCUT2D eigenvalue weighted by molar-refractivity contribution is 0.189. The first-order chi connectivity index (χ1) is 10.2. The van der Waals surface area contributed by atoms with Gasteiger partial charge in [0.2, 0.25) is 0 Å². The fourth-order valence-electron chi connectivity index (χ4n) is 3.26. The Kier molecular flexibility index (Phi) is 6.52. The SMILES string of the molecule is CC(NCCCN(C)C1CCCCC1)c1cccc(O)c1. The Morgan fingerprint density at radius 1 is 1.29 bits per heavy atom. The van der Waals surface area contributed by atoms with Crippen LogP contribution in [0.2, 0.25) is 0 Å². The van der Waals surface area contributed by atoms with Gasteiger partial charge in [-0.3, -0.25) is 0 Å². The Balaban J connectivity index is 1.64. The highest BCUT2D eigenvalue weighted by atomic mass is 16.3. The van der Waals surface area contributed by atoms with Crippen LogP contribution in [-0.4, -0.2) is 36.2 Å². The summed E-state index contributed by atoms with van der Waals surface area (Å²) >= 11 is 0. The third-order valence-corrected chi connectivity index (χ3v) is 4.71. The van der Waals surface area contributed by atoms with E-state index in [0.717, 1.165) is 18.2 Å². The van der Waals surface area contributed by atoms with Gasteiger partial charge in [-0.2, -0.15) is 0 Å². The average molecular weight is 290 g/mol. The van der Waals surface area contributed by atoms with Gasteiger partial charge in [-0.05, 0) is 64.0 Å². The van der Waals surface area contributed by atoms with Gasteiger partial charge < -0.3 is 15.3 Å². The van der Waals surface area contributed by atoms with Crippen molar-refractivity contribution in [2.45, 2.75) is 57.5 Å². The van der Waals surface area contributed by atoms with Crippen LogP contribution in [-0.2, 0) is 0 Å². The van der Waals surface area contributed by atoms with Crippen LogP contribution >= 0.6 is 0 Å². The zero-order chi connectivity index (χ0) is 15.1. The molecule has 21 heavy (non-hydrogen) atoms. The summed E-state index contributed by atoms with van der Waals surface area (Å²) in [6.07, 6.45) is 8.17. The number of aromatic hydroxyl groups is 1. The molecular weight excluding hydrogens is 260 g/mol. The molecule has 1 fully saturated rings. The van der Waals surface area contributed by atoms with E-state index in [9.17, 15) is 5.11 Å². The van der Waals surface area contributed by atoms with Crippen molar-refractivity contribution in [2.75, 3.05) is 20.1 Å². The van der Waals surface area contributed by atoms with Gasteiger partial charge in [0.15, 0.2) is 0 Å². The highest BCUT2D eigenvalue weighted by Gasteiger charge is 2.17. The molecule has 1 aromatic carbocycles. The minimum atomic E-state index is 0.289. The van der Waals surface area contributed by atoms with Gasteiger partial charge in [-0.1, -0.05) is 31.4 Å². The third-order valence-electron chi connectivity index (χ3n) is 4.71. The molecule has 118 valence electrons. The number of benzene rings is 1. The van der Waals surface area contributed by atoms with E-state index in [4.69, 9.17) is 0 Å². The van der Waals surface area contributed by atoms with Crippen molar-refractivity contribution in [3.05, 3.63) is 29.8 Å². The van der Waals surface area contributed by atoms with Gasteiger partial charge >= 0.3 is 0 Å². The molecule has 0 aromatic heterocycles. The summed E-state index contributed by atoms with van der Waals surface area (Å²) in [7, 11) is 2.27. The second-order valence-electron chi connectivity index (χ2n) is 6.40. The van der Waals surface area contributed by atoms with Crippen molar-refractivity contribution in [1.82, 2.24) is 10.2 Å². The maximum Gasteiger partial charge on any atom is 0.115 e. The zero-order valence-electron chi connectivity index (χ0n) is 13.5. The lowest BCUT2D eigenvalue weighted by Gasteiger charge is -2.31. The first-order valence-corrected chi connectivity index (χ1v) is 8.39. The third kappa shape index (κ3) is 5.33. The molecule has 1 atom stereocenters. The van der Waals surface area contributed by atoms with E-state index >= 15 is 0 Å². The van der Waals surface area contributed by atoms with Crippen molar-refractivity contribution in [1.29, 1.82) is 0 Å². The van der Waals surface area contributed by atoms with Crippen LogP contribution in [0.5, 0.6) is 5.75 Å². The van der Waals surface area contributed by atoms with Crippen molar-refractivity contribution in [2.24, 2.45) is 0 Å². The monoisotopic (exact) mass is 290 g/mol. The highest BCUT2D eigenvalue weighted by Crippen LogP contribution is 2.21. The maximum atomic E-state index is 9.52. The molecule has 2 rings (SSSR count).